The summed E-state index contributed by atoms with van der Waals surface area (Å²) in [6.07, 6.45) is 1.23. The van der Waals surface area contributed by atoms with Crippen LogP contribution in [0.4, 0.5) is 11.4 Å². The molecule has 5 nitrogen and oxygen atoms in total. The van der Waals surface area contributed by atoms with Gasteiger partial charge in [-0.1, -0.05) is 36.4 Å². The number of hydrogen-bond donors (Lipinski definition) is 3. The number of sulfone groups is 1. The summed E-state index contributed by atoms with van der Waals surface area (Å²) in [6, 6.07) is 10.5. The van der Waals surface area contributed by atoms with Crippen molar-refractivity contribution in [2.45, 2.75) is 4.90 Å². The summed E-state index contributed by atoms with van der Waals surface area (Å²) in [5.74, 6) is -0.842. The highest BCUT2D eigenvalue weighted by Crippen LogP contribution is 2.41. The predicted octanol–water partition coefficient (Wildman–Crippen LogP) is 2.18. The monoisotopic (exact) mass is 304 g/mol. The quantitative estimate of drug-likeness (QED) is 0.456. The fourth-order valence-electron chi connectivity index (χ4n) is 2.11. The molecule has 0 aliphatic carbocycles. The molecule has 2 aromatic rings. The Kier molecular flexibility index (Phi) is 3.90. The Bertz CT molecular complexity index is 784. The third-order valence-electron chi connectivity index (χ3n) is 3.06. The molecule has 0 saturated heterocycles. The third-order valence-corrected chi connectivity index (χ3v) is 4.78. The van der Waals surface area contributed by atoms with Gasteiger partial charge in [-0.15, -0.1) is 6.58 Å². The molecule has 0 bridgehead atoms. The zero-order chi connectivity index (χ0) is 15.6. The number of phenols is 1. The number of nitrogen functional groups attached to an aromatic ring is 2. The Morgan fingerprint density at radius 3 is 2.38 bits per heavy atom. The molecule has 2 rings (SSSR count). The largest absolute Gasteiger partial charge is 0.504 e. The lowest BCUT2D eigenvalue weighted by Gasteiger charge is -2.14. The molecule has 0 saturated carbocycles. The maximum Gasteiger partial charge on any atom is 0.187 e. The zero-order valence-corrected chi connectivity index (χ0v) is 12.1. The Morgan fingerprint density at radius 2 is 1.81 bits per heavy atom. The molecule has 6 heteroatoms. The van der Waals surface area contributed by atoms with Crippen LogP contribution in [0.1, 0.15) is 0 Å². The molecule has 0 aliphatic rings. The van der Waals surface area contributed by atoms with Crippen molar-refractivity contribution in [3.05, 3.63) is 49.1 Å². The van der Waals surface area contributed by atoms with E-state index in [1.165, 1.54) is 12.1 Å². The van der Waals surface area contributed by atoms with Crippen LogP contribution >= 0.6 is 0 Å². The summed E-state index contributed by atoms with van der Waals surface area (Å²) in [6.45, 7) is 3.39. The minimum absolute atomic E-state index is 0.0157. The molecule has 0 aliphatic heterocycles. The van der Waals surface area contributed by atoms with E-state index in [-0.39, 0.29) is 22.0 Å². The number of aromatic hydroxyl groups is 1. The van der Waals surface area contributed by atoms with Gasteiger partial charge in [0.05, 0.1) is 17.1 Å². The maximum absolute atomic E-state index is 12.1. The number of rotatable bonds is 4. The van der Waals surface area contributed by atoms with Gasteiger partial charge in [0.25, 0.3) is 0 Å². The molecule has 0 amide bonds. The van der Waals surface area contributed by atoms with Crippen molar-refractivity contribution < 1.29 is 13.5 Å². The van der Waals surface area contributed by atoms with Crippen LogP contribution in [0.25, 0.3) is 11.1 Å². The Labute approximate surface area is 123 Å². The summed E-state index contributed by atoms with van der Waals surface area (Å²) in [5, 5.41) is 10.2. The van der Waals surface area contributed by atoms with Crippen LogP contribution in [0.2, 0.25) is 0 Å². The highest BCUT2D eigenvalue weighted by molar-refractivity contribution is 7.91. The second-order valence-corrected chi connectivity index (χ2v) is 6.51. The van der Waals surface area contributed by atoms with E-state index in [4.69, 9.17) is 11.5 Å². The first-order chi connectivity index (χ1) is 9.88. The van der Waals surface area contributed by atoms with Crippen LogP contribution in [0.5, 0.6) is 5.75 Å². The van der Waals surface area contributed by atoms with E-state index < -0.39 is 15.6 Å². The molecule has 0 atom stereocenters. The standard InChI is InChI=1S/C15H16N2O3S/c1-2-8-21(19,20)15-12(16)9-11(13(17)14(15)18)10-6-4-3-5-7-10/h2-7,9,18H,1,8,16-17H2. The van der Waals surface area contributed by atoms with Gasteiger partial charge < -0.3 is 16.6 Å². The average Bonchev–Trinajstić information content (AvgIpc) is 2.43. The highest BCUT2D eigenvalue weighted by atomic mass is 32.2. The fraction of sp³-hybridized carbons (Fsp3) is 0.0667. The van der Waals surface area contributed by atoms with E-state index in [2.05, 4.69) is 6.58 Å². The molecule has 0 fully saturated rings. The smallest absolute Gasteiger partial charge is 0.187 e. The maximum atomic E-state index is 12.1. The summed E-state index contributed by atoms with van der Waals surface area (Å²) in [5.41, 5.74) is 12.9. The van der Waals surface area contributed by atoms with Gasteiger partial charge in [0.2, 0.25) is 0 Å². The number of anilines is 2. The minimum Gasteiger partial charge on any atom is -0.504 e. The second-order valence-electron chi connectivity index (χ2n) is 4.54. The zero-order valence-electron chi connectivity index (χ0n) is 11.3. The molecule has 21 heavy (non-hydrogen) atoms. The van der Waals surface area contributed by atoms with Crippen molar-refractivity contribution in [2.24, 2.45) is 0 Å². The van der Waals surface area contributed by atoms with E-state index in [1.54, 1.807) is 12.1 Å². The molecule has 0 heterocycles. The summed E-state index contributed by atoms with van der Waals surface area (Å²) >= 11 is 0. The first-order valence-electron chi connectivity index (χ1n) is 6.18. The number of benzene rings is 2. The molecule has 0 radical (unpaired) electrons. The lowest BCUT2D eigenvalue weighted by molar-refractivity contribution is 0.462. The van der Waals surface area contributed by atoms with Crippen LogP contribution in [-0.4, -0.2) is 19.3 Å². The second kappa shape index (κ2) is 5.49. The number of nitrogens with two attached hydrogens (primary N) is 2. The third kappa shape index (κ3) is 2.71. The fourth-order valence-corrected chi connectivity index (χ4v) is 3.41. The summed E-state index contributed by atoms with van der Waals surface area (Å²) in [4.78, 5) is -0.348. The van der Waals surface area contributed by atoms with Crippen LogP contribution in [0.15, 0.2) is 53.9 Å². The SMILES string of the molecule is C=CCS(=O)(=O)c1c(N)cc(-c2ccccc2)c(N)c1O. The molecule has 0 spiro atoms. The molecule has 0 aromatic heterocycles. The van der Waals surface area contributed by atoms with Crippen molar-refractivity contribution in [1.29, 1.82) is 0 Å². The van der Waals surface area contributed by atoms with Crippen molar-refractivity contribution in [1.82, 2.24) is 0 Å². The lowest BCUT2D eigenvalue weighted by Crippen LogP contribution is -2.10. The van der Waals surface area contributed by atoms with Gasteiger partial charge in [0.15, 0.2) is 15.6 Å². The van der Waals surface area contributed by atoms with E-state index in [0.717, 1.165) is 5.56 Å². The minimum atomic E-state index is -3.77. The molecular weight excluding hydrogens is 288 g/mol. The van der Waals surface area contributed by atoms with Gasteiger partial charge in [-0.05, 0) is 11.6 Å². The topological polar surface area (TPSA) is 106 Å². The van der Waals surface area contributed by atoms with Crippen LogP contribution in [0, 0.1) is 0 Å². The van der Waals surface area contributed by atoms with Gasteiger partial charge in [-0.2, -0.15) is 0 Å². The first kappa shape index (κ1) is 14.9. The van der Waals surface area contributed by atoms with Crippen molar-refractivity contribution in [3.63, 3.8) is 0 Å². The van der Waals surface area contributed by atoms with Gasteiger partial charge in [0.1, 0.15) is 4.90 Å². The van der Waals surface area contributed by atoms with Crippen LogP contribution < -0.4 is 11.5 Å². The van der Waals surface area contributed by atoms with E-state index in [1.807, 2.05) is 18.2 Å². The predicted molar refractivity (Wildman–Crippen MR) is 84.6 cm³/mol. The molecule has 2 aromatic carbocycles. The molecule has 110 valence electrons. The van der Waals surface area contributed by atoms with Gasteiger partial charge in [-0.3, -0.25) is 0 Å². The Balaban J connectivity index is 2.71. The summed E-state index contributed by atoms with van der Waals surface area (Å²) < 4.78 is 24.2. The number of phenolic OH excluding ortho intramolecular Hbond substituents is 1. The van der Waals surface area contributed by atoms with Crippen molar-refractivity contribution in [2.75, 3.05) is 17.2 Å². The van der Waals surface area contributed by atoms with Crippen LogP contribution in [-0.2, 0) is 9.84 Å². The Hall–Kier alpha value is -2.47. The van der Waals surface area contributed by atoms with Crippen molar-refractivity contribution >= 4 is 21.2 Å². The lowest BCUT2D eigenvalue weighted by atomic mass is 10.0. The van der Waals surface area contributed by atoms with Crippen LogP contribution in [0.3, 0.4) is 0 Å². The highest BCUT2D eigenvalue weighted by Gasteiger charge is 2.25. The molecule has 0 unspecified atom stereocenters. The number of hydrogen-bond acceptors (Lipinski definition) is 5. The van der Waals surface area contributed by atoms with Crippen molar-refractivity contribution in [3.8, 4) is 16.9 Å². The van der Waals surface area contributed by atoms with E-state index in [0.29, 0.717) is 5.56 Å². The molecule has 5 N–H and O–H groups in total. The van der Waals surface area contributed by atoms with Gasteiger partial charge in [-0.25, -0.2) is 8.42 Å². The average molecular weight is 304 g/mol. The Morgan fingerprint density at radius 1 is 1.19 bits per heavy atom. The van der Waals surface area contributed by atoms with Gasteiger partial charge in [0, 0.05) is 5.56 Å². The molecular formula is C15H16N2O3S. The van der Waals surface area contributed by atoms with E-state index >= 15 is 0 Å². The normalized spacial score (nSPS) is 11.2. The first-order valence-corrected chi connectivity index (χ1v) is 7.83. The summed E-state index contributed by atoms with van der Waals surface area (Å²) in [7, 11) is -3.77. The van der Waals surface area contributed by atoms with E-state index in [9.17, 15) is 13.5 Å². The van der Waals surface area contributed by atoms with Gasteiger partial charge >= 0.3 is 0 Å².